The zero-order valence-corrected chi connectivity index (χ0v) is 17.5. The minimum absolute atomic E-state index is 0.504. The highest BCUT2D eigenvalue weighted by Crippen LogP contribution is 2.45. The highest BCUT2D eigenvalue weighted by atomic mass is 28.4. The molecule has 1 aliphatic rings. The average Bonchev–Trinajstić information content (AvgIpc) is 2.38. The summed E-state index contributed by atoms with van der Waals surface area (Å²) >= 11 is 0. The highest BCUT2D eigenvalue weighted by Gasteiger charge is 2.59. The van der Waals surface area contributed by atoms with Crippen molar-refractivity contribution in [3.63, 3.8) is 0 Å². The molecular weight excluding hydrogens is 300 g/mol. The molecule has 0 aromatic rings. The molecule has 0 aliphatic carbocycles. The summed E-state index contributed by atoms with van der Waals surface area (Å²) in [7, 11) is -3.22. The van der Waals surface area contributed by atoms with Crippen LogP contribution in [0.5, 0.6) is 0 Å². The van der Waals surface area contributed by atoms with Gasteiger partial charge in [0.05, 0.1) is 13.2 Å². The number of rotatable bonds is 6. The molecule has 0 bridgehead atoms. The minimum Gasteiger partial charge on any atom is -0.415 e. The van der Waals surface area contributed by atoms with Gasteiger partial charge in [-0.25, -0.2) is 0 Å². The Kier molecular flexibility index (Phi) is 5.27. The van der Waals surface area contributed by atoms with E-state index in [1.165, 1.54) is 0 Å². The van der Waals surface area contributed by atoms with Gasteiger partial charge in [0.15, 0.2) is 22.4 Å². The molecule has 0 aromatic heterocycles. The molecule has 126 valence electrons. The van der Waals surface area contributed by atoms with Crippen LogP contribution in [-0.4, -0.2) is 46.8 Å². The summed E-state index contributed by atoms with van der Waals surface area (Å²) in [6, 6.07) is 0. The lowest BCUT2D eigenvalue weighted by molar-refractivity contribution is -0.172. The molecule has 4 nitrogen and oxygen atoms in total. The molecule has 2 atom stereocenters. The Labute approximate surface area is 132 Å². The van der Waals surface area contributed by atoms with E-state index in [1.54, 1.807) is 0 Å². The third-order valence-corrected chi connectivity index (χ3v) is 5.64. The summed E-state index contributed by atoms with van der Waals surface area (Å²) in [6.45, 7) is 22.3. The molecule has 1 fully saturated rings. The fraction of sp³-hybridized carbons (Fsp3) is 1.00. The van der Waals surface area contributed by atoms with Gasteiger partial charge < -0.3 is 18.3 Å². The molecule has 6 heteroatoms. The number of hydrogen-bond acceptors (Lipinski definition) is 4. The van der Waals surface area contributed by atoms with Crippen LogP contribution in [-0.2, 0) is 18.3 Å². The summed E-state index contributed by atoms with van der Waals surface area (Å²) < 4.78 is 24.7. The van der Waals surface area contributed by atoms with Gasteiger partial charge in [-0.3, -0.25) is 0 Å². The van der Waals surface area contributed by atoms with Crippen molar-refractivity contribution in [3.8, 4) is 0 Å². The van der Waals surface area contributed by atoms with Crippen LogP contribution in [0.1, 0.15) is 27.7 Å². The summed E-state index contributed by atoms with van der Waals surface area (Å²) in [6.07, 6.45) is 0. The molecule has 0 saturated carbocycles. The molecule has 0 aromatic carbocycles. The van der Waals surface area contributed by atoms with Crippen LogP contribution >= 0.6 is 0 Å². The largest absolute Gasteiger partial charge is 0.415 e. The van der Waals surface area contributed by atoms with E-state index in [4.69, 9.17) is 18.3 Å². The summed E-state index contributed by atoms with van der Waals surface area (Å²) in [5, 5.41) is 0. The van der Waals surface area contributed by atoms with Gasteiger partial charge in [0.25, 0.3) is 0 Å². The van der Waals surface area contributed by atoms with Gasteiger partial charge in [-0.15, -0.1) is 0 Å². The highest BCUT2D eigenvalue weighted by molar-refractivity contribution is 6.70. The zero-order valence-electron chi connectivity index (χ0n) is 15.5. The Morgan fingerprint density at radius 3 is 1.19 bits per heavy atom. The lowest BCUT2D eigenvalue weighted by Gasteiger charge is -2.40. The van der Waals surface area contributed by atoms with Crippen molar-refractivity contribution >= 4 is 16.6 Å². The quantitative estimate of drug-likeness (QED) is 0.688. The molecule has 1 saturated heterocycles. The molecule has 1 aliphatic heterocycles. The van der Waals surface area contributed by atoms with Gasteiger partial charge >= 0.3 is 0 Å². The van der Waals surface area contributed by atoms with E-state index in [-0.39, 0.29) is 0 Å². The van der Waals surface area contributed by atoms with E-state index in [1.807, 2.05) is 13.8 Å². The van der Waals surface area contributed by atoms with Crippen molar-refractivity contribution in [1.29, 1.82) is 0 Å². The predicted molar refractivity (Wildman–Crippen MR) is 91.7 cm³/mol. The Morgan fingerprint density at radius 1 is 0.667 bits per heavy atom. The van der Waals surface area contributed by atoms with Gasteiger partial charge in [0.2, 0.25) is 0 Å². The molecule has 0 radical (unpaired) electrons. The van der Waals surface area contributed by atoms with Gasteiger partial charge in [-0.1, -0.05) is 0 Å². The third kappa shape index (κ3) is 5.44. The number of hydrogen-bond donors (Lipinski definition) is 0. The monoisotopic (exact) mass is 334 g/mol. The minimum atomic E-state index is -1.61. The second-order valence-electron chi connectivity index (χ2n) is 8.87. The first-order valence-corrected chi connectivity index (χ1v) is 14.6. The van der Waals surface area contributed by atoms with Crippen molar-refractivity contribution in [2.75, 3.05) is 13.2 Å². The fourth-order valence-electron chi connectivity index (χ4n) is 2.39. The van der Waals surface area contributed by atoms with E-state index in [9.17, 15) is 0 Å². The normalized spacial score (nSPS) is 33.4. The second-order valence-corrected chi connectivity index (χ2v) is 17.9. The fourth-order valence-corrected chi connectivity index (χ4v) is 3.81. The molecule has 1 rings (SSSR count). The molecule has 1 heterocycles. The van der Waals surface area contributed by atoms with Crippen molar-refractivity contribution in [2.24, 2.45) is 0 Å². The van der Waals surface area contributed by atoms with E-state index >= 15 is 0 Å². The van der Waals surface area contributed by atoms with Crippen LogP contribution in [0.3, 0.4) is 0 Å². The molecular formula is C15H34O4Si2. The Morgan fingerprint density at radius 2 is 0.952 bits per heavy atom. The first kappa shape index (κ1) is 19.3. The lowest BCUT2D eigenvalue weighted by atomic mass is 9.87. The SMILES string of the molecule is CC1(C)O[C@@](C)(CO[Si](C)(C)C)[C@](C)(CO[Si](C)(C)C)O1. The average molecular weight is 335 g/mol. The van der Waals surface area contributed by atoms with Crippen molar-refractivity contribution in [3.05, 3.63) is 0 Å². The molecule has 0 spiro atoms. The first-order chi connectivity index (χ1) is 9.08. The zero-order chi connectivity index (χ0) is 16.7. The topological polar surface area (TPSA) is 36.9 Å². The molecule has 0 unspecified atom stereocenters. The van der Waals surface area contributed by atoms with Crippen LogP contribution in [0.25, 0.3) is 0 Å². The van der Waals surface area contributed by atoms with Crippen LogP contribution in [0.2, 0.25) is 39.3 Å². The molecule has 0 amide bonds. The van der Waals surface area contributed by atoms with E-state index < -0.39 is 33.6 Å². The van der Waals surface area contributed by atoms with Gasteiger partial charge in [-0.05, 0) is 67.0 Å². The number of ether oxygens (including phenoxy) is 2. The Balaban J connectivity index is 2.91. The van der Waals surface area contributed by atoms with Crippen molar-refractivity contribution in [1.82, 2.24) is 0 Å². The maximum absolute atomic E-state index is 6.22. The van der Waals surface area contributed by atoms with Gasteiger partial charge in [-0.2, -0.15) is 0 Å². The Bertz CT molecular complexity index is 339. The second kappa shape index (κ2) is 5.72. The summed E-state index contributed by atoms with van der Waals surface area (Å²) in [4.78, 5) is 0. The first-order valence-electron chi connectivity index (χ1n) is 7.76. The van der Waals surface area contributed by atoms with Crippen LogP contribution in [0, 0.1) is 0 Å². The third-order valence-electron chi connectivity index (χ3n) is 3.62. The van der Waals surface area contributed by atoms with Crippen LogP contribution in [0.15, 0.2) is 0 Å². The van der Waals surface area contributed by atoms with E-state index in [0.717, 1.165) is 0 Å². The molecule has 21 heavy (non-hydrogen) atoms. The summed E-state index contributed by atoms with van der Waals surface area (Å²) in [5.41, 5.74) is -1.01. The lowest BCUT2D eigenvalue weighted by Crippen LogP contribution is -2.56. The standard InChI is InChI=1S/C15H34O4Si2/c1-13(2)18-14(3,11-16-20(5,6)7)15(4,19-13)12-17-21(8,9)10/h11-12H2,1-10H3/t14-,15-/m0/s1. The predicted octanol–water partition coefficient (Wildman–Crippen LogP) is 3.99. The Hall–Kier alpha value is 0.274. The summed E-state index contributed by atoms with van der Waals surface area (Å²) in [5.74, 6) is -0.616. The van der Waals surface area contributed by atoms with Gasteiger partial charge in [0.1, 0.15) is 11.2 Å². The smallest absolute Gasteiger partial charge is 0.183 e. The van der Waals surface area contributed by atoms with Crippen molar-refractivity contribution < 1.29 is 18.3 Å². The van der Waals surface area contributed by atoms with Gasteiger partial charge in [0, 0.05) is 0 Å². The van der Waals surface area contributed by atoms with Crippen LogP contribution in [0.4, 0.5) is 0 Å². The molecule has 0 N–H and O–H groups in total. The van der Waals surface area contributed by atoms with E-state index in [2.05, 4.69) is 53.1 Å². The maximum atomic E-state index is 6.22. The van der Waals surface area contributed by atoms with E-state index in [0.29, 0.717) is 13.2 Å². The van der Waals surface area contributed by atoms with Crippen LogP contribution < -0.4 is 0 Å². The maximum Gasteiger partial charge on any atom is 0.183 e. The van der Waals surface area contributed by atoms with Crippen molar-refractivity contribution in [2.45, 2.75) is 84.0 Å².